The van der Waals surface area contributed by atoms with E-state index < -0.39 is 18.0 Å². The molecule has 1 rings (SSSR count). The molecule has 0 aliphatic carbocycles. The second-order valence-electron chi connectivity index (χ2n) is 4.15. The number of hydrogen-bond acceptors (Lipinski definition) is 4. The number of nitrogens with two attached hydrogens (primary N) is 1. The van der Waals surface area contributed by atoms with E-state index in [1.54, 1.807) is 6.92 Å². The maximum Gasteiger partial charge on any atom is 0.434 e. The minimum atomic E-state index is -4.46. The molecule has 0 saturated heterocycles. The fourth-order valence-electron chi connectivity index (χ4n) is 1.58. The van der Waals surface area contributed by atoms with Crippen LogP contribution in [-0.2, 0) is 17.5 Å². The van der Waals surface area contributed by atoms with Crippen LogP contribution >= 0.6 is 11.3 Å². The largest absolute Gasteiger partial charge is 0.434 e. The molecule has 2 N–H and O–H groups in total. The van der Waals surface area contributed by atoms with Crippen LogP contribution in [0.4, 0.5) is 13.2 Å². The molecule has 0 saturated carbocycles. The second-order valence-corrected chi connectivity index (χ2v) is 5.26. The SMILES string of the molecule is CCOC(c1nc(C(F)(F)F)c(CN)s1)C(C)C. The summed E-state index contributed by atoms with van der Waals surface area (Å²) in [4.78, 5) is 3.74. The summed E-state index contributed by atoms with van der Waals surface area (Å²) in [7, 11) is 0. The molecule has 0 fully saturated rings. The Hall–Kier alpha value is -0.660. The molecule has 18 heavy (non-hydrogen) atoms. The summed E-state index contributed by atoms with van der Waals surface area (Å²) in [5, 5.41) is 0.347. The molecule has 3 nitrogen and oxygen atoms in total. The number of halogens is 3. The van der Waals surface area contributed by atoms with Gasteiger partial charge in [-0.3, -0.25) is 0 Å². The number of alkyl halides is 3. The highest BCUT2D eigenvalue weighted by Gasteiger charge is 2.38. The summed E-state index contributed by atoms with van der Waals surface area (Å²) in [5.74, 6) is 0.0582. The van der Waals surface area contributed by atoms with Crippen LogP contribution in [0.1, 0.15) is 42.5 Å². The number of hydrogen-bond donors (Lipinski definition) is 1. The van der Waals surface area contributed by atoms with Crippen LogP contribution in [0.25, 0.3) is 0 Å². The van der Waals surface area contributed by atoms with Crippen LogP contribution in [-0.4, -0.2) is 11.6 Å². The van der Waals surface area contributed by atoms with E-state index in [1.807, 2.05) is 13.8 Å². The molecular weight excluding hydrogens is 265 g/mol. The van der Waals surface area contributed by atoms with Gasteiger partial charge in [-0.05, 0) is 12.8 Å². The van der Waals surface area contributed by atoms with Crippen molar-refractivity contribution >= 4 is 11.3 Å². The lowest BCUT2D eigenvalue weighted by atomic mass is 10.1. The maximum absolute atomic E-state index is 12.7. The molecule has 1 aromatic rings. The Labute approximate surface area is 108 Å². The predicted molar refractivity (Wildman–Crippen MR) is 64.2 cm³/mol. The van der Waals surface area contributed by atoms with Gasteiger partial charge >= 0.3 is 6.18 Å². The van der Waals surface area contributed by atoms with Crippen molar-refractivity contribution < 1.29 is 17.9 Å². The number of ether oxygens (including phenoxy) is 1. The Kier molecular flexibility index (Phi) is 5.12. The van der Waals surface area contributed by atoms with Crippen molar-refractivity contribution in [1.82, 2.24) is 4.98 Å². The Morgan fingerprint density at radius 3 is 2.33 bits per heavy atom. The molecule has 0 radical (unpaired) electrons. The van der Waals surface area contributed by atoms with Gasteiger partial charge in [0, 0.05) is 13.2 Å². The van der Waals surface area contributed by atoms with E-state index in [-0.39, 0.29) is 17.3 Å². The summed E-state index contributed by atoms with van der Waals surface area (Å²) in [6, 6.07) is 0. The van der Waals surface area contributed by atoms with E-state index >= 15 is 0 Å². The van der Waals surface area contributed by atoms with E-state index in [1.165, 1.54) is 0 Å². The summed E-state index contributed by atoms with van der Waals surface area (Å²) >= 11 is 0.982. The van der Waals surface area contributed by atoms with E-state index in [9.17, 15) is 13.2 Å². The molecule has 1 aromatic heterocycles. The van der Waals surface area contributed by atoms with Crippen LogP contribution < -0.4 is 5.73 Å². The van der Waals surface area contributed by atoms with Crippen molar-refractivity contribution in [3.8, 4) is 0 Å². The standard InChI is InChI=1S/C11H17F3N2OS/c1-4-17-8(6(2)3)10-16-9(11(12,13)14)7(5-15)18-10/h6,8H,4-5,15H2,1-3H3. The van der Waals surface area contributed by atoms with Gasteiger partial charge in [-0.15, -0.1) is 11.3 Å². The van der Waals surface area contributed by atoms with Gasteiger partial charge in [0.25, 0.3) is 0 Å². The molecule has 1 heterocycles. The van der Waals surface area contributed by atoms with Crippen molar-refractivity contribution in [2.75, 3.05) is 6.61 Å². The summed E-state index contributed by atoms with van der Waals surface area (Å²) in [6.45, 7) is 5.84. The molecular formula is C11H17F3N2OS. The summed E-state index contributed by atoms with van der Waals surface area (Å²) < 4.78 is 43.7. The van der Waals surface area contributed by atoms with Crippen LogP contribution in [0.3, 0.4) is 0 Å². The molecule has 1 atom stereocenters. The van der Waals surface area contributed by atoms with Crippen LogP contribution in [0.2, 0.25) is 0 Å². The molecule has 0 bridgehead atoms. The third-order valence-corrected chi connectivity index (χ3v) is 3.50. The van der Waals surface area contributed by atoms with Gasteiger partial charge in [-0.1, -0.05) is 13.8 Å². The monoisotopic (exact) mass is 282 g/mol. The topological polar surface area (TPSA) is 48.1 Å². The highest BCUT2D eigenvalue weighted by Crippen LogP contribution is 2.38. The van der Waals surface area contributed by atoms with Gasteiger partial charge in [0.1, 0.15) is 11.1 Å². The number of thiazole rings is 1. The molecule has 7 heteroatoms. The number of nitrogens with zero attached hydrogens (tertiary/aromatic N) is 1. The molecule has 0 aliphatic heterocycles. The zero-order valence-electron chi connectivity index (χ0n) is 10.5. The molecule has 1 unspecified atom stereocenters. The Morgan fingerprint density at radius 2 is 2.00 bits per heavy atom. The number of aromatic nitrogens is 1. The van der Waals surface area contributed by atoms with Crippen molar-refractivity contribution in [2.24, 2.45) is 11.7 Å². The molecule has 0 aliphatic rings. The molecule has 0 amide bonds. The summed E-state index contributed by atoms with van der Waals surface area (Å²) in [6.07, 6.45) is -4.88. The predicted octanol–water partition coefficient (Wildman–Crippen LogP) is 3.35. The van der Waals surface area contributed by atoms with Crippen LogP contribution in [0.15, 0.2) is 0 Å². The first-order chi connectivity index (χ1) is 8.31. The first kappa shape index (κ1) is 15.4. The first-order valence-electron chi connectivity index (χ1n) is 5.69. The smallest absolute Gasteiger partial charge is 0.371 e. The average Bonchev–Trinajstić information content (AvgIpc) is 2.68. The van der Waals surface area contributed by atoms with Gasteiger partial charge in [0.15, 0.2) is 5.69 Å². The normalized spacial score (nSPS) is 14.2. The van der Waals surface area contributed by atoms with Crippen molar-refractivity contribution in [3.63, 3.8) is 0 Å². The van der Waals surface area contributed by atoms with E-state index in [2.05, 4.69) is 4.98 Å². The average molecular weight is 282 g/mol. The maximum atomic E-state index is 12.7. The zero-order valence-corrected chi connectivity index (χ0v) is 11.4. The fraction of sp³-hybridized carbons (Fsp3) is 0.727. The quantitative estimate of drug-likeness (QED) is 0.901. The Bertz CT molecular complexity index is 390. The summed E-state index contributed by atoms with van der Waals surface area (Å²) in [5.41, 5.74) is 4.46. The lowest BCUT2D eigenvalue weighted by molar-refractivity contribution is -0.141. The van der Waals surface area contributed by atoms with E-state index in [0.29, 0.717) is 11.6 Å². The molecule has 0 aromatic carbocycles. The van der Waals surface area contributed by atoms with Gasteiger partial charge in [-0.25, -0.2) is 4.98 Å². The van der Waals surface area contributed by atoms with Crippen molar-refractivity contribution in [3.05, 3.63) is 15.6 Å². The minimum Gasteiger partial charge on any atom is -0.371 e. The lowest BCUT2D eigenvalue weighted by Crippen LogP contribution is -2.13. The molecule has 0 spiro atoms. The second kappa shape index (κ2) is 5.99. The fourth-order valence-corrected chi connectivity index (χ4v) is 2.77. The van der Waals surface area contributed by atoms with Crippen molar-refractivity contribution in [2.45, 2.75) is 39.6 Å². The third kappa shape index (κ3) is 3.43. The Morgan fingerprint density at radius 1 is 1.39 bits per heavy atom. The number of rotatable bonds is 5. The van der Waals surface area contributed by atoms with Gasteiger partial charge in [0.05, 0.1) is 4.88 Å². The van der Waals surface area contributed by atoms with Gasteiger partial charge < -0.3 is 10.5 Å². The third-order valence-electron chi connectivity index (χ3n) is 2.36. The molecule has 104 valence electrons. The van der Waals surface area contributed by atoms with Gasteiger partial charge in [0.2, 0.25) is 0 Å². The highest BCUT2D eigenvalue weighted by atomic mass is 32.1. The van der Waals surface area contributed by atoms with Gasteiger partial charge in [-0.2, -0.15) is 13.2 Å². The Balaban J connectivity index is 3.14. The zero-order chi connectivity index (χ0) is 13.9. The van der Waals surface area contributed by atoms with Crippen molar-refractivity contribution in [1.29, 1.82) is 0 Å². The van der Waals surface area contributed by atoms with Crippen LogP contribution in [0.5, 0.6) is 0 Å². The highest BCUT2D eigenvalue weighted by molar-refractivity contribution is 7.11. The van der Waals surface area contributed by atoms with E-state index in [4.69, 9.17) is 10.5 Å². The minimum absolute atomic E-state index is 0.0582. The lowest BCUT2D eigenvalue weighted by Gasteiger charge is -2.18. The first-order valence-corrected chi connectivity index (χ1v) is 6.51. The van der Waals surface area contributed by atoms with E-state index in [0.717, 1.165) is 11.3 Å². The van der Waals surface area contributed by atoms with Crippen LogP contribution in [0, 0.1) is 5.92 Å².